The van der Waals surface area contributed by atoms with Crippen LogP contribution in [0.1, 0.15) is 31.8 Å². The summed E-state index contributed by atoms with van der Waals surface area (Å²) in [5.74, 6) is -0.0960. The Labute approximate surface area is 155 Å². The van der Waals surface area contributed by atoms with Gasteiger partial charge in [0.15, 0.2) is 0 Å². The van der Waals surface area contributed by atoms with Gasteiger partial charge in [0.2, 0.25) is 0 Å². The summed E-state index contributed by atoms with van der Waals surface area (Å²) in [6.45, 7) is 1.09. The van der Waals surface area contributed by atoms with Crippen LogP contribution in [-0.4, -0.2) is 37.4 Å². The monoisotopic (exact) mass is 372 g/mol. The molecule has 2 aliphatic rings. The minimum absolute atomic E-state index is 0.293. The second-order valence-corrected chi connectivity index (χ2v) is 6.01. The molecule has 2 heterocycles. The van der Waals surface area contributed by atoms with Crippen molar-refractivity contribution in [1.29, 1.82) is 0 Å². The number of hydrogen-bond donors (Lipinski definition) is 3. The van der Waals surface area contributed by atoms with E-state index in [0.29, 0.717) is 65.6 Å². The van der Waals surface area contributed by atoms with Crippen LogP contribution in [-0.2, 0) is 17.6 Å². The smallest absolute Gasteiger partial charge is 0.338 e. The molecule has 0 saturated carbocycles. The quantitative estimate of drug-likeness (QED) is 0.537. The molecule has 0 amide bonds. The highest BCUT2D eigenvalue weighted by atomic mass is 16.5. The van der Waals surface area contributed by atoms with Crippen molar-refractivity contribution in [3.05, 3.63) is 46.5 Å². The summed E-state index contributed by atoms with van der Waals surface area (Å²) in [6.07, 6.45) is 1.34. The molecule has 8 heteroatoms. The number of nitrogens with two attached hydrogens (primary N) is 2. The van der Waals surface area contributed by atoms with Crippen molar-refractivity contribution in [2.75, 3.05) is 31.8 Å². The fourth-order valence-electron chi connectivity index (χ4n) is 3.14. The van der Waals surface area contributed by atoms with Gasteiger partial charge in [-0.1, -0.05) is 0 Å². The summed E-state index contributed by atoms with van der Waals surface area (Å²) >= 11 is 0. The number of carbonyl (C=O) groups is 2. The van der Waals surface area contributed by atoms with Crippen LogP contribution < -0.4 is 20.9 Å². The predicted octanol–water partition coefficient (Wildman–Crippen LogP) is 1.89. The highest BCUT2D eigenvalue weighted by molar-refractivity contribution is 5.93. The van der Waals surface area contributed by atoms with E-state index in [4.69, 9.17) is 26.0 Å². The van der Waals surface area contributed by atoms with Crippen LogP contribution in [0.15, 0.2) is 24.3 Å². The van der Waals surface area contributed by atoms with Gasteiger partial charge in [0.25, 0.3) is 0 Å². The van der Waals surface area contributed by atoms with Gasteiger partial charge >= 0.3 is 11.9 Å². The molecule has 0 bridgehead atoms. The van der Waals surface area contributed by atoms with Crippen LogP contribution in [0.25, 0.3) is 0 Å². The number of benzene rings is 2. The van der Waals surface area contributed by atoms with Crippen molar-refractivity contribution in [3.63, 3.8) is 0 Å². The second-order valence-electron chi connectivity index (χ2n) is 6.01. The molecule has 0 saturated heterocycles. The highest BCUT2D eigenvalue weighted by Crippen LogP contribution is 2.35. The first-order valence-corrected chi connectivity index (χ1v) is 8.34. The lowest BCUT2D eigenvalue weighted by Crippen LogP contribution is -2.05. The number of esters is 1. The number of carboxylic acids is 1. The van der Waals surface area contributed by atoms with Gasteiger partial charge in [-0.25, -0.2) is 9.59 Å². The summed E-state index contributed by atoms with van der Waals surface area (Å²) < 4.78 is 15.2. The summed E-state index contributed by atoms with van der Waals surface area (Å²) in [4.78, 5) is 22.1. The molecule has 0 fully saturated rings. The molecule has 2 aliphatic heterocycles. The van der Waals surface area contributed by atoms with E-state index in [9.17, 15) is 9.59 Å². The maximum absolute atomic E-state index is 11.4. The third-order valence-electron chi connectivity index (χ3n) is 4.41. The number of aromatic carboxylic acids is 1. The lowest BCUT2D eigenvalue weighted by Gasteiger charge is -2.07. The normalized spacial score (nSPS) is 13.4. The van der Waals surface area contributed by atoms with Crippen molar-refractivity contribution >= 4 is 23.3 Å². The average molecular weight is 372 g/mol. The Hall–Kier alpha value is -3.42. The zero-order valence-corrected chi connectivity index (χ0v) is 14.8. The third-order valence-corrected chi connectivity index (χ3v) is 4.41. The van der Waals surface area contributed by atoms with Gasteiger partial charge < -0.3 is 30.8 Å². The molecule has 0 spiro atoms. The van der Waals surface area contributed by atoms with Crippen molar-refractivity contribution in [1.82, 2.24) is 0 Å². The summed E-state index contributed by atoms with van der Waals surface area (Å²) in [6, 6.07) is 6.42. The molecular weight excluding hydrogens is 352 g/mol. The minimum atomic E-state index is -0.929. The van der Waals surface area contributed by atoms with E-state index in [1.165, 1.54) is 13.2 Å². The van der Waals surface area contributed by atoms with Crippen molar-refractivity contribution in [2.24, 2.45) is 0 Å². The number of fused-ring (bicyclic) bond motifs is 2. The number of nitrogen functional groups attached to an aromatic ring is 2. The topological polar surface area (TPSA) is 134 Å². The van der Waals surface area contributed by atoms with Crippen molar-refractivity contribution in [3.8, 4) is 11.5 Å². The maximum atomic E-state index is 11.4. The Morgan fingerprint density at radius 2 is 1.41 bits per heavy atom. The standard InChI is InChI=1S/C10H11NO3.C9H9NO3/c1-13-10(12)7-2-3-8(11)9-6(7)4-5-14-9;10-7-2-1-6(9(11)12)5-3-4-13-8(5)7/h2-3H,4-5,11H2,1H3;1-2H,3-4,10H2,(H,11,12). The van der Waals surface area contributed by atoms with Gasteiger partial charge in [0.05, 0.1) is 42.8 Å². The van der Waals surface area contributed by atoms with Crippen molar-refractivity contribution < 1.29 is 28.9 Å². The SMILES string of the molecule is COC(=O)c1ccc(N)c2c1CCO2.Nc1ccc(C(=O)O)c2c1OCC2. The van der Waals surface area contributed by atoms with Gasteiger partial charge in [-0.2, -0.15) is 0 Å². The lowest BCUT2D eigenvalue weighted by molar-refractivity contribution is 0.0598. The van der Waals surface area contributed by atoms with Crippen LogP contribution in [0.4, 0.5) is 11.4 Å². The number of carbonyl (C=O) groups excluding carboxylic acids is 1. The van der Waals surface area contributed by atoms with E-state index >= 15 is 0 Å². The van der Waals surface area contributed by atoms with Gasteiger partial charge in [-0.05, 0) is 24.3 Å². The Morgan fingerprint density at radius 3 is 1.89 bits per heavy atom. The van der Waals surface area contributed by atoms with Crippen LogP contribution >= 0.6 is 0 Å². The van der Waals surface area contributed by atoms with E-state index in [-0.39, 0.29) is 5.97 Å². The van der Waals surface area contributed by atoms with E-state index in [1.54, 1.807) is 18.2 Å². The highest BCUT2D eigenvalue weighted by Gasteiger charge is 2.23. The Kier molecular flexibility index (Phi) is 5.07. The first-order chi connectivity index (χ1) is 12.9. The predicted molar refractivity (Wildman–Crippen MR) is 98.4 cm³/mol. The molecule has 0 unspecified atom stereocenters. The van der Waals surface area contributed by atoms with Crippen LogP contribution in [0, 0.1) is 0 Å². The molecule has 0 radical (unpaired) electrons. The molecule has 0 atom stereocenters. The fourth-order valence-corrected chi connectivity index (χ4v) is 3.14. The number of anilines is 2. The molecule has 4 rings (SSSR count). The summed E-state index contributed by atoms with van der Waals surface area (Å²) in [7, 11) is 1.36. The minimum Gasteiger partial charge on any atom is -0.491 e. The number of ether oxygens (including phenoxy) is 3. The fraction of sp³-hybridized carbons (Fsp3) is 0.263. The Morgan fingerprint density at radius 1 is 0.926 bits per heavy atom. The largest absolute Gasteiger partial charge is 0.491 e. The zero-order valence-electron chi connectivity index (χ0n) is 14.8. The van der Waals surface area contributed by atoms with E-state index in [2.05, 4.69) is 4.74 Å². The second kappa shape index (κ2) is 7.45. The van der Waals surface area contributed by atoms with Crippen LogP contribution in [0.2, 0.25) is 0 Å². The van der Waals surface area contributed by atoms with Crippen LogP contribution in [0.3, 0.4) is 0 Å². The van der Waals surface area contributed by atoms with Gasteiger partial charge in [-0.3, -0.25) is 0 Å². The van der Waals surface area contributed by atoms with Gasteiger partial charge in [0, 0.05) is 24.0 Å². The van der Waals surface area contributed by atoms with Gasteiger partial charge in [-0.15, -0.1) is 0 Å². The molecule has 5 N–H and O–H groups in total. The first kappa shape index (κ1) is 18.4. The van der Waals surface area contributed by atoms with E-state index in [0.717, 1.165) is 5.56 Å². The molecule has 0 aromatic heterocycles. The molecule has 2 aromatic rings. The van der Waals surface area contributed by atoms with E-state index < -0.39 is 5.97 Å². The van der Waals surface area contributed by atoms with Crippen LogP contribution in [0.5, 0.6) is 11.5 Å². The number of carboxylic acid groups (broad SMARTS) is 1. The maximum Gasteiger partial charge on any atom is 0.338 e. The first-order valence-electron chi connectivity index (χ1n) is 8.34. The zero-order chi connectivity index (χ0) is 19.6. The van der Waals surface area contributed by atoms with Crippen molar-refractivity contribution in [2.45, 2.75) is 12.8 Å². The van der Waals surface area contributed by atoms with E-state index in [1.807, 2.05) is 0 Å². The van der Waals surface area contributed by atoms with Gasteiger partial charge in [0.1, 0.15) is 11.5 Å². The summed E-state index contributed by atoms with van der Waals surface area (Å²) in [5.41, 5.74) is 14.8. The number of hydrogen-bond acceptors (Lipinski definition) is 7. The lowest BCUT2D eigenvalue weighted by atomic mass is 10.0. The third kappa shape index (κ3) is 3.46. The Balaban J connectivity index is 0.000000156. The molecule has 27 heavy (non-hydrogen) atoms. The molecular formula is C19H20N2O6. The number of methoxy groups -OCH3 is 1. The average Bonchev–Trinajstić information content (AvgIpc) is 3.32. The molecule has 2 aromatic carbocycles. The summed E-state index contributed by atoms with van der Waals surface area (Å²) in [5, 5.41) is 8.84. The Bertz CT molecular complexity index is 910. The molecule has 142 valence electrons. The molecule has 8 nitrogen and oxygen atoms in total. The number of rotatable bonds is 2. The molecule has 0 aliphatic carbocycles.